The molecule has 0 aromatic rings. The van der Waals surface area contributed by atoms with Crippen molar-refractivity contribution in [3.63, 3.8) is 0 Å². The van der Waals surface area contributed by atoms with Gasteiger partial charge in [-0.25, -0.2) is 4.79 Å². The zero-order chi connectivity index (χ0) is 15.6. The van der Waals surface area contributed by atoms with E-state index in [0.29, 0.717) is 13.1 Å². The number of halogens is 1. The standard InChI is InChI=1S/C14H21IN2O3/c1-13(2,3)16-12(19)20-14(4,5)11(18)17-8-10(9-17)6-7-15/h10H,8-9H2,1-5H3,(H,16,19). The normalized spacial score (nSPS) is 15.8. The van der Waals surface area contributed by atoms with Crippen LogP contribution in [-0.2, 0) is 9.53 Å². The number of carbonyl (C=O) groups is 2. The van der Waals surface area contributed by atoms with Crippen molar-refractivity contribution in [3.05, 3.63) is 0 Å². The molecule has 0 aliphatic carbocycles. The summed E-state index contributed by atoms with van der Waals surface area (Å²) in [6.07, 6.45) is -0.583. The molecule has 6 heteroatoms. The molecule has 0 spiro atoms. The molecule has 20 heavy (non-hydrogen) atoms. The van der Waals surface area contributed by atoms with Crippen LogP contribution in [0.5, 0.6) is 0 Å². The predicted molar refractivity (Wildman–Crippen MR) is 85.3 cm³/mol. The molecule has 0 radical (unpaired) electrons. The van der Waals surface area contributed by atoms with Crippen molar-refractivity contribution < 1.29 is 14.3 Å². The van der Waals surface area contributed by atoms with Gasteiger partial charge in [0.1, 0.15) is 0 Å². The first kappa shape index (κ1) is 17.1. The molecule has 1 aliphatic rings. The zero-order valence-electron chi connectivity index (χ0n) is 12.5. The molecule has 0 saturated carbocycles. The third-order valence-electron chi connectivity index (χ3n) is 2.77. The summed E-state index contributed by atoms with van der Waals surface area (Å²) >= 11 is 1.99. The van der Waals surface area contributed by atoms with Gasteiger partial charge in [-0.15, -0.1) is 0 Å². The highest BCUT2D eigenvalue weighted by molar-refractivity contribution is 14.1. The monoisotopic (exact) mass is 392 g/mol. The van der Waals surface area contributed by atoms with Crippen LogP contribution in [0.4, 0.5) is 4.79 Å². The van der Waals surface area contributed by atoms with E-state index in [2.05, 4.69) is 15.2 Å². The van der Waals surface area contributed by atoms with Crippen molar-refractivity contribution in [2.45, 2.75) is 45.8 Å². The quantitative estimate of drug-likeness (QED) is 0.579. The zero-order valence-corrected chi connectivity index (χ0v) is 14.7. The molecule has 112 valence electrons. The first-order valence-electron chi connectivity index (χ1n) is 6.47. The molecule has 2 amide bonds. The minimum absolute atomic E-state index is 0.187. The lowest BCUT2D eigenvalue weighted by molar-refractivity contribution is -0.153. The highest BCUT2D eigenvalue weighted by Crippen LogP contribution is 2.22. The fourth-order valence-corrected chi connectivity index (χ4v) is 2.24. The van der Waals surface area contributed by atoms with Gasteiger partial charge in [-0.2, -0.15) is 0 Å². The van der Waals surface area contributed by atoms with Crippen LogP contribution in [0.15, 0.2) is 0 Å². The number of alkyl carbamates (subject to hydrolysis) is 1. The Kier molecular flexibility index (Phi) is 5.30. The number of nitrogens with zero attached hydrogens (tertiary/aromatic N) is 1. The lowest BCUT2D eigenvalue weighted by Gasteiger charge is -2.40. The smallest absolute Gasteiger partial charge is 0.408 e. The molecule has 0 atom stereocenters. The van der Waals surface area contributed by atoms with Crippen LogP contribution in [0, 0.1) is 15.8 Å². The summed E-state index contributed by atoms with van der Waals surface area (Å²) in [7, 11) is 0. The Hall–Kier alpha value is -0.970. The van der Waals surface area contributed by atoms with E-state index in [1.807, 2.05) is 43.4 Å². The molecule has 5 nitrogen and oxygen atoms in total. The number of amides is 2. The maximum Gasteiger partial charge on any atom is 0.408 e. The van der Waals surface area contributed by atoms with Crippen LogP contribution in [0.2, 0.25) is 0 Å². The molecule has 1 N–H and O–H groups in total. The molecule has 1 rings (SSSR count). The molecular weight excluding hydrogens is 371 g/mol. The number of hydrogen-bond donors (Lipinski definition) is 1. The third-order valence-corrected chi connectivity index (χ3v) is 3.08. The highest BCUT2D eigenvalue weighted by atomic mass is 127. The molecular formula is C14H21IN2O3. The van der Waals surface area contributed by atoms with Crippen molar-refractivity contribution >= 4 is 34.6 Å². The number of hydrogen-bond acceptors (Lipinski definition) is 3. The lowest BCUT2D eigenvalue weighted by atomic mass is 9.97. The SMILES string of the molecule is CC(C)(C)NC(=O)OC(C)(C)C(=O)N1CC(C#CI)C1. The van der Waals surface area contributed by atoms with Crippen molar-refractivity contribution in [1.82, 2.24) is 10.2 Å². The van der Waals surface area contributed by atoms with Gasteiger partial charge in [-0.05, 0) is 38.5 Å². The molecule has 0 unspecified atom stereocenters. The van der Waals surface area contributed by atoms with Gasteiger partial charge < -0.3 is 15.0 Å². The van der Waals surface area contributed by atoms with E-state index < -0.39 is 17.2 Å². The number of rotatable bonds is 2. The number of nitrogens with one attached hydrogen (secondary N) is 1. The molecule has 1 saturated heterocycles. The van der Waals surface area contributed by atoms with Gasteiger partial charge in [0, 0.05) is 41.2 Å². The van der Waals surface area contributed by atoms with Gasteiger partial charge in [0.15, 0.2) is 5.60 Å². The summed E-state index contributed by atoms with van der Waals surface area (Å²) in [5, 5.41) is 2.68. The van der Waals surface area contributed by atoms with Crippen LogP contribution < -0.4 is 5.32 Å². The minimum Gasteiger partial charge on any atom is -0.433 e. The van der Waals surface area contributed by atoms with E-state index in [4.69, 9.17) is 4.74 Å². The largest absolute Gasteiger partial charge is 0.433 e. The van der Waals surface area contributed by atoms with Gasteiger partial charge in [0.2, 0.25) is 0 Å². The van der Waals surface area contributed by atoms with Crippen LogP contribution >= 0.6 is 22.6 Å². The minimum atomic E-state index is -1.17. The van der Waals surface area contributed by atoms with E-state index >= 15 is 0 Å². The molecule has 0 aromatic heterocycles. The van der Waals surface area contributed by atoms with E-state index in [-0.39, 0.29) is 11.8 Å². The van der Waals surface area contributed by atoms with E-state index in [1.54, 1.807) is 18.7 Å². The number of likely N-dealkylation sites (tertiary alicyclic amines) is 1. The predicted octanol–water partition coefficient (Wildman–Crippen LogP) is 2.14. The lowest BCUT2D eigenvalue weighted by Crippen LogP contribution is -2.58. The van der Waals surface area contributed by atoms with Gasteiger partial charge in [0.25, 0.3) is 5.91 Å². The Morgan fingerprint density at radius 2 is 1.80 bits per heavy atom. The molecule has 0 aromatic carbocycles. The summed E-state index contributed by atoms with van der Waals surface area (Å²) in [5.41, 5.74) is -1.56. The average molecular weight is 392 g/mol. The summed E-state index contributed by atoms with van der Waals surface area (Å²) in [6, 6.07) is 0. The first-order valence-corrected chi connectivity index (χ1v) is 7.55. The van der Waals surface area contributed by atoms with Crippen molar-refractivity contribution in [2.24, 2.45) is 5.92 Å². The Morgan fingerprint density at radius 1 is 1.25 bits per heavy atom. The summed E-state index contributed by atoms with van der Waals surface area (Å²) in [6.45, 7) is 9.97. The van der Waals surface area contributed by atoms with Gasteiger partial charge in [-0.1, -0.05) is 5.92 Å². The Bertz CT molecular complexity index is 451. The van der Waals surface area contributed by atoms with Crippen LogP contribution in [-0.4, -0.2) is 41.1 Å². The maximum atomic E-state index is 12.3. The second-order valence-electron chi connectivity index (χ2n) is 6.42. The van der Waals surface area contributed by atoms with Gasteiger partial charge >= 0.3 is 6.09 Å². The third kappa shape index (κ3) is 4.85. The molecule has 1 heterocycles. The first-order chi connectivity index (χ1) is 9.05. The maximum absolute atomic E-state index is 12.3. The Morgan fingerprint density at radius 3 is 2.25 bits per heavy atom. The second kappa shape index (κ2) is 6.20. The molecule has 0 bridgehead atoms. The van der Waals surface area contributed by atoms with Crippen molar-refractivity contribution in [1.29, 1.82) is 0 Å². The van der Waals surface area contributed by atoms with E-state index in [0.717, 1.165) is 0 Å². The Balaban J connectivity index is 2.54. The summed E-state index contributed by atoms with van der Waals surface area (Å²) in [5.74, 6) is 3.06. The van der Waals surface area contributed by atoms with Gasteiger partial charge in [0.05, 0.1) is 5.92 Å². The van der Waals surface area contributed by atoms with E-state index in [1.165, 1.54) is 0 Å². The summed E-state index contributed by atoms with van der Waals surface area (Å²) < 4.78 is 8.06. The fraction of sp³-hybridized carbons (Fsp3) is 0.714. The van der Waals surface area contributed by atoms with Crippen molar-refractivity contribution in [3.8, 4) is 9.85 Å². The fourth-order valence-electron chi connectivity index (χ4n) is 1.80. The van der Waals surface area contributed by atoms with Crippen LogP contribution in [0.1, 0.15) is 34.6 Å². The number of ether oxygens (including phenoxy) is 1. The summed E-state index contributed by atoms with van der Waals surface area (Å²) in [4.78, 5) is 25.7. The van der Waals surface area contributed by atoms with Crippen LogP contribution in [0.25, 0.3) is 0 Å². The molecule has 1 aliphatic heterocycles. The van der Waals surface area contributed by atoms with Gasteiger partial charge in [-0.3, -0.25) is 4.79 Å². The van der Waals surface area contributed by atoms with Crippen LogP contribution in [0.3, 0.4) is 0 Å². The molecule has 1 fully saturated rings. The van der Waals surface area contributed by atoms with Crippen molar-refractivity contribution in [2.75, 3.05) is 13.1 Å². The Labute approximate surface area is 133 Å². The average Bonchev–Trinajstić information content (AvgIpc) is 2.17. The topological polar surface area (TPSA) is 58.6 Å². The van der Waals surface area contributed by atoms with E-state index in [9.17, 15) is 9.59 Å². The number of carbonyl (C=O) groups excluding carboxylic acids is 2. The second-order valence-corrected chi connectivity index (χ2v) is 6.96. The highest BCUT2D eigenvalue weighted by Gasteiger charge is 2.41.